The third kappa shape index (κ3) is 5.08. The Morgan fingerprint density at radius 1 is 1.09 bits per heavy atom. The molecule has 2 heterocycles. The second kappa shape index (κ2) is 9.92. The molecule has 2 aliphatic rings. The highest BCUT2D eigenvalue weighted by Gasteiger charge is 2.33. The second-order valence-electron chi connectivity index (χ2n) is 8.30. The van der Waals surface area contributed by atoms with Crippen LogP contribution < -0.4 is 10.6 Å². The van der Waals surface area contributed by atoms with Crippen molar-refractivity contribution in [1.82, 2.24) is 4.90 Å². The summed E-state index contributed by atoms with van der Waals surface area (Å²) in [6.07, 6.45) is 3.66. The zero-order chi connectivity index (χ0) is 22.7. The smallest absolute Gasteiger partial charge is 0.247 e. The molecular formula is C24H25Cl2N3O3. The van der Waals surface area contributed by atoms with Crippen molar-refractivity contribution in [3.8, 4) is 0 Å². The number of benzene rings is 2. The molecule has 0 radical (unpaired) electrons. The summed E-state index contributed by atoms with van der Waals surface area (Å²) in [6, 6.07) is 12.1. The average molecular weight is 474 g/mol. The lowest BCUT2D eigenvalue weighted by Gasteiger charge is -2.35. The summed E-state index contributed by atoms with van der Waals surface area (Å²) in [7, 11) is 0. The number of amides is 3. The number of nitrogens with one attached hydrogen (secondary N) is 2. The molecule has 8 heteroatoms. The Hall–Kier alpha value is -2.57. The number of halogens is 2. The fourth-order valence-electron chi connectivity index (χ4n) is 4.39. The van der Waals surface area contributed by atoms with Crippen molar-refractivity contribution >= 4 is 52.3 Å². The van der Waals surface area contributed by atoms with Gasteiger partial charge < -0.3 is 15.5 Å². The maximum Gasteiger partial charge on any atom is 0.247 e. The Labute approximate surface area is 197 Å². The van der Waals surface area contributed by atoms with Crippen molar-refractivity contribution in [2.45, 2.75) is 44.6 Å². The summed E-state index contributed by atoms with van der Waals surface area (Å²) in [6.45, 7) is 0.540. The summed E-state index contributed by atoms with van der Waals surface area (Å²) >= 11 is 12.0. The minimum absolute atomic E-state index is 0.0518. The van der Waals surface area contributed by atoms with Crippen molar-refractivity contribution in [2.24, 2.45) is 5.92 Å². The zero-order valence-corrected chi connectivity index (χ0v) is 19.1. The number of piperidine rings is 1. The number of nitrogens with zero attached hydrogens (tertiary/aromatic N) is 1. The molecule has 0 aliphatic carbocycles. The van der Waals surface area contributed by atoms with Crippen LogP contribution in [-0.4, -0.2) is 35.2 Å². The standard InChI is InChI=1S/C24H25Cl2N3O3/c25-18-10-9-17(14-19(18)26)27-24(32)21-7-3-4-12-29(21)22(30)11-8-16-13-15-5-1-2-6-20(15)28-23(16)31/h1-2,5-6,9-10,14,16,21H,3-4,7-8,11-13H2,(H,27,32)(H,28,31). The molecule has 1 fully saturated rings. The first kappa shape index (κ1) is 22.6. The monoisotopic (exact) mass is 473 g/mol. The lowest BCUT2D eigenvalue weighted by Crippen LogP contribution is -2.50. The predicted octanol–water partition coefficient (Wildman–Crippen LogP) is 4.90. The van der Waals surface area contributed by atoms with Gasteiger partial charge in [0.25, 0.3) is 0 Å². The number of likely N-dealkylation sites (tertiary alicyclic amines) is 1. The van der Waals surface area contributed by atoms with Gasteiger partial charge in [0.2, 0.25) is 17.7 Å². The van der Waals surface area contributed by atoms with Gasteiger partial charge in [-0.05, 0) is 61.9 Å². The van der Waals surface area contributed by atoms with E-state index in [9.17, 15) is 14.4 Å². The van der Waals surface area contributed by atoms with E-state index >= 15 is 0 Å². The summed E-state index contributed by atoms with van der Waals surface area (Å²) < 4.78 is 0. The highest BCUT2D eigenvalue weighted by Crippen LogP contribution is 2.29. The van der Waals surface area contributed by atoms with Gasteiger partial charge in [0, 0.05) is 30.3 Å². The van der Waals surface area contributed by atoms with Crippen LogP contribution in [0.1, 0.15) is 37.7 Å². The van der Waals surface area contributed by atoms with Crippen LogP contribution >= 0.6 is 23.2 Å². The van der Waals surface area contributed by atoms with E-state index < -0.39 is 6.04 Å². The summed E-state index contributed by atoms with van der Waals surface area (Å²) in [4.78, 5) is 40.1. The largest absolute Gasteiger partial charge is 0.331 e. The van der Waals surface area contributed by atoms with Crippen molar-refractivity contribution < 1.29 is 14.4 Å². The van der Waals surface area contributed by atoms with Gasteiger partial charge in [-0.1, -0.05) is 41.4 Å². The van der Waals surface area contributed by atoms with Crippen LogP contribution in [0, 0.1) is 5.92 Å². The van der Waals surface area contributed by atoms with Crippen LogP contribution in [0.25, 0.3) is 0 Å². The van der Waals surface area contributed by atoms with Crippen LogP contribution in [0.3, 0.4) is 0 Å². The molecule has 0 spiro atoms. The molecule has 2 aromatic rings. The highest BCUT2D eigenvalue weighted by atomic mass is 35.5. The molecule has 3 amide bonds. The quantitative estimate of drug-likeness (QED) is 0.647. The molecule has 32 heavy (non-hydrogen) atoms. The van der Waals surface area contributed by atoms with Gasteiger partial charge in [-0.25, -0.2) is 0 Å². The molecule has 6 nitrogen and oxygen atoms in total. The maximum atomic E-state index is 13.0. The SMILES string of the molecule is O=C1Nc2ccccc2CC1CCC(=O)N1CCCCC1C(=O)Nc1ccc(Cl)c(Cl)c1. The molecular weight excluding hydrogens is 449 g/mol. The average Bonchev–Trinajstić information content (AvgIpc) is 2.80. The summed E-state index contributed by atoms with van der Waals surface area (Å²) in [5, 5.41) is 6.54. The molecule has 1 saturated heterocycles. The third-order valence-corrected chi connectivity index (χ3v) is 6.87. The van der Waals surface area contributed by atoms with Gasteiger partial charge in [0.1, 0.15) is 6.04 Å². The van der Waals surface area contributed by atoms with Crippen molar-refractivity contribution in [1.29, 1.82) is 0 Å². The third-order valence-electron chi connectivity index (χ3n) is 6.13. The van der Waals surface area contributed by atoms with E-state index in [4.69, 9.17) is 23.2 Å². The number of hydrogen-bond acceptors (Lipinski definition) is 3. The molecule has 0 saturated carbocycles. The Balaban J connectivity index is 1.37. The number of fused-ring (bicyclic) bond motifs is 1. The minimum atomic E-state index is -0.536. The van der Waals surface area contributed by atoms with E-state index in [1.165, 1.54) is 0 Å². The Morgan fingerprint density at radius 3 is 2.72 bits per heavy atom. The van der Waals surface area contributed by atoms with E-state index in [0.29, 0.717) is 41.5 Å². The molecule has 2 atom stereocenters. The Kier molecular flexibility index (Phi) is 7.01. The lowest BCUT2D eigenvalue weighted by atomic mass is 9.89. The van der Waals surface area contributed by atoms with Gasteiger partial charge in [0.15, 0.2) is 0 Å². The van der Waals surface area contributed by atoms with Gasteiger partial charge in [-0.2, -0.15) is 0 Å². The molecule has 2 unspecified atom stereocenters. The van der Waals surface area contributed by atoms with Crippen molar-refractivity contribution in [3.63, 3.8) is 0 Å². The Morgan fingerprint density at radius 2 is 1.91 bits per heavy atom. The number of carbonyl (C=O) groups is 3. The number of carbonyl (C=O) groups excluding carboxylic acids is 3. The number of rotatable bonds is 5. The minimum Gasteiger partial charge on any atom is -0.331 e. The molecule has 0 bridgehead atoms. The molecule has 168 valence electrons. The molecule has 2 aliphatic heterocycles. The number of para-hydroxylation sites is 1. The van der Waals surface area contributed by atoms with E-state index in [2.05, 4.69) is 10.6 Å². The first-order chi connectivity index (χ1) is 15.4. The fourth-order valence-corrected chi connectivity index (χ4v) is 4.69. The fraction of sp³-hybridized carbons (Fsp3) is 0.375. The highest BCUT2D eigenvalue weighted by molar-refractivity contribution is 6.42. The molecule has 2 N–H and O–H groups in total. The van der Waals surface area contributed by atoms with Crippen LogP contribution in [0.15, 0.2) is 42.5 Å². The molecule has 0 aromatic heterocycles. The zero-order valence-electron chi connectivity index (χ0n) is 17.6. The van der Waals surface area contributed by atoms with Crippen LogP contribution in [-0.2, 0) is 20.8 Å². The van der Waals surface area contributed by atoms with Gasteiger partial charge in [0.05, 0.1) is 10.0 Å². The van der Waals surface area contributed by atoms with Crippen LogP contribution in [0.2, 0.25) is 10.0 Å². The predicted molar refractivity (Wildman–Crippen MR) is 126 cm³/mol. The summed E-state index contributed by atoms with van der Waals surface area (Å²) in [5.41, 5.74) is 2.47. The number of hydrogen-bond donors (Lipinski definition) is 2. The van der Waals surface area contributed by atoms with E-state index in [-0.39, 0.29) is 30.1 Å². The van der Waals surface area contributed by atoms with E-state index in [0.717, 1.165) is 24.1 Å². The lowest BCUT2D eigenvalue weighted by molar-refractivity contribution is -0.140. The number of anilines is 2. The van der Waals surface area contributed by atoms with Crippen LogP contribution in [0.5, 0.6) is 0 Å². The first-order valence-electron chi connectivity index (χ1n) is 10.9. The Bertz CT molecular complexity index is 1040. The van der Waals surface area contributed by atoms with Crippen molar-refractivity contribution in [2.75, 3.05) is 17.2 Å². The van der Waals surface area contributed by atoms with Gasteiger partial charge in [-0.15, -0.1) is 0 Å². The normalized spacial score (nSPS) is 20.3. The molecule has 2 aromatic carbocycles. The second-order valence-corrected chi connectivity index (χ2v) is 9.12. The van der Waals surface area contributed by atoms with Gasteiger partial charge >= 0.3 is 0 Å². The van der Waals surface area contributed by atoms with Crippen LogP contribution in [0.4, 0.5) is 11.4 Å². The van der Waals surface area contributed by atoms with Crippen molar-refractivity contribution in [3.05, 3.63) is 58.1 Å². The van der Waals surface area contributed by atoms with E-state index in [1.807, 2.05) is 24.3 Å². The van der Waals surface area contributed by atoms with E-state index in [1.54, 1.807) is 23.1 Å². The molecule has 4 rings (SSSR count). The first-order valence-corrected chi connectivity index (χ1v) is 11.6. The topological polar surface area (TPSA) is 78.5 Å². The van der Waals surface area contributed by atoms with Gasteiger partial charge in [-0.3, -0.25) is 14.4 Å². The maximum absolute atomic E-state index is 13.0. The summed E-state index contributed by atoms with van der Waals surface area (Å²) in [5.74, 6) is -0.627.